The molecular formula is C10H10N4O. The number of amides is 1. The van der Waals surface area contributed by atoms with Crippen molar-refractivity contribution in [3.8, 4) is 0 Å². The van der Waals surface area contributed by atoms with Gasteiger partial charge in [0, 0.05) is 23.7 Å². The maximum absolute atomic E-state index is 11.6. The molecule has 0 spiro atoms. The molecule has 1 amide bonds. The van der Waals surface area contributed by atoms with Crippen molar-refractivity contribution in [1.82, 2.24) is 0 Å². The first kappa shape index (κ1) is 9.55. The number of fused-ring (bicyclic) bond motifs is 1. The summed E-state index contributed by atoms with van der Waals surface area (Å²) in [7, 11) is 0. The van der Waals surface area contributed by atoms with Crippen molar-refractivity contribution in [2.45, 2.75) is 6.42 Å². The Morgan fingerprint density at radius 3 is 3.07 bits per heavy atom. The third-order valence-electron chi connectivity index (χ3n) is 2.41. The fourth-order valence-corrected chi connectivity index (χ4v) is 1.75. The molecule has 0 fully saturated rings. The largest absolute Gasteiger partial charge is 0.312 e. The molecule has 15 heavy (non-hydrogen) atoms. The Labute approximate surface area is 86.9 Å². The summed E-state index contributed by atoms with van der Waals surface area (Å²) in [5.74, 6) is 0.0735. The van der Waals surface area contributed by atoms with Gasteiger partial charge in [-0.1, -0.05) is 23.3 Å². The Balaban J connectivity index is 2.18. The van der Waals surface area contributed by atoms with Gasteiger partial charge in [0.2, 0.25) is 5.91 Å². The number of carbonyl (C=O) groups excluding carboxylic acids is 1. The fourth-order valence-electron chi connectivity index (χ4n) is 1.75. The molecular weight excluding hydrogens is 192 g/mol. The first-order valence-corrected chi connectivity index (χ1v) is 4.72. The highest BCUT2D eigenvalue weighted by molar-refractivity contribution is 6.01. The van der Waals surface area contributed by atoms with Crippen molar-refractivity contribution in [1.29, 1.82) is 0 Å². The number of anilines is 1. The Morgan fingerprint density at radius 1 is 1.47 bits per heavy atom. The van der Waals surface area contributed by atoms with Gasteiger partial charge in [-0.15, -0.1) is 0 Å². The van der Waals surface area contributed by atoms with Crippen LogP contribution in [0.1, 0.15) is 5.56 Å². The monoisotopic (exact) mass is 202 g/mol. The van der Waals surface area contributed by atoms with Gasteiger partial charge in [0.15, 0.2) is 0 Å². The molecule has 0 radical (unpaired) electrons. The van der Waals surface area contributed by atoms with Crippen LogP contribution < -0.4 is 4.90 Å². The quantitative estimate of drug-likeness (QED) is 0.419. The van der Waals surface area contributed by atoms with Gasteiger partial charge in [0.05, 0.1) is 6.42 Å². The van der Waals surface area contributed by atoms with Gasteiger partial charge in [-0.3, -0.25) is 4.79 Å². The molecule has 0 bridgehead atoms. The molecule has 1 aliphatic rings. The number of benzene rings is 1. The number of hydrogen-bond acceptors (Lipinski definition) is 2. The highest BCUT2D eigenvalue weighted by atomic mass is 16.2. The molecule has 0 saturated carbocycles. The predicted octanol–water partition coefficient (Wildman–Crippen LogP) is 1.89. The van der Waals surface area contributed by atoms with E-state index in [0.29, 0.717) is 19.5 Å². The van der Waals surface area contributed by atoms with Gasteiger partial charge in [-0.2, -0.15) is 0 Å². The standard InChI is InChI=1S/C10H10N4O/c11-13-12-5-6-14-9-4-2-1-3-8(9)7-10(14)15/h1-4H,5-7H2. The maximum atomic E-state index is 11.6. The normalized spacial score (nSPS) is 13.6. The van der Waals surface area contributed by atoms with Crippen LogP contribution in [0.5, 0.6) is 0 Å². The summed E-state index contributed by atoms with van der Waals surface area (Å²) in [6.07, 6.45) is 0.451. The highest BCUT2D eigenvalue weighted by Gasteiger charge is 2.25. The summed E-state index contributed by atoms with van der Waals surface area (Å²) in [6, 6.07) is 7.68. The van der Waals surface area contributed by atoms with E-state index in [-0.39, 0.29) is 5.91 Å². The van der Waals surface area contributed by atoms with Gasteiger partial charge in [-0.05, 0) is 17.2 Å². The van der Waals surface area contributed by atoms with Crippen LogP contribution in [0.3, 0.4) is 0 Å². The van der Waals surface area contributed by atoms with E-state index in [1.165, 1.54) is 0 Å². The summed E-state index contributed by atoms with van der Waals surface area (Å²) in [4.78, 5) is 16.0. The fraction of sp³-hybridized carbons (Fsp3) is 0.300. The molecule has 0 saturated heterocycles. The lowest BCUT2D eigenvalue weighted by Crippen LogP contribution is -2.29. The van der Waals surface area contributed by atoms with Crippen LogP contribution in [0, 0.1) is 0 Å². The minimum atomic E-state index is 0.0735. The van der Waals surface area contributed by atoms with E-state index in [9.17, 15) is 4.79 Å². The molecule has 0 atom stereocenters. The van der Waals surface area contributed by atoms with Crippen molar-refractivity contribution >= 4 is 11.6 Å². The van der Waals surface area contributed by atoms with Gasteiger partial charge in [0.25, 0.3) is 0 Å². The number of rotatable bonds is 3. The average Bonchev–Trinajstić information content (AvgIpc) is 2.56. The zero-order valence-electron chi connectivity index (χ0n) is 8.13. The zero-order chi connectivity index (χ0) is 10.7. The van der Waals surface area contributed by atoms with Crippen molar-refractivity contribution in [3.63, 3.8) is 0 Å². The second-order valence-electron chi connectivity index (χ2n) is 3.31. The van der Waals surface area contributed by atoms with Crippen LogP contribution in [-0.2, 0) is 11.2 Å². The zero-order valence-corrected chi connectivity index (χ0v) is 8.13. The Hall–Kier alpha value is -2.00. The second kappa shape index (κ2) is 4.02. The van der Waals surface area contributed by atoms with E-state index in [0.717, 1.165) is 11.3 Å². The average molecular weight is 202 g/mol. The lowest BCUT2D eigenvalue weighted by molar-refractivity contribution is -0.117. The van der Waals surface area contributed by atoms with E-state index >= 15 is 0 Å². The molecule has 0 N–H and O–H groups in total. The molecule has 0 unspecified atom stereocenters. The minimum absolute atomic E-state index is 0.0735. The predicted molar refractivity (Wildman–Crippen MR) is 56.5 cm³/mol. The topological polar surface area (TPSA) is 69.1 Å². The molecule has 1 aliphatic heterocycles. The molecule has 0 aliphatic carbocycles. The first-order chi connectivity index (χ1) is 7.33. The molecule has 2 rings (SSSR count). The number of carbonyl (C=O) groups is 1. The second-order valence-corrected chi connectivity index (χ2v) is 3.31. The van der Waals surface area contributed by atoms with E-state index in [1.807, 2.05) is 24.3 Å². The van der Waals surface area contributed by atoms with Crippen molar-refractivity contribution in [2.75, 3.05) is 18.0 Å². The van der Waals surface area contributed by atoms with Gasteiger partial charge >= 0.3 is 0 Å². The van der Waals surface area contributed by atoms with Crippen molar-refractivity contribution in [2.24, 2.45) is 5.11 Å². The summed E-state index contributed by atoms with van der Waals surface area (Å²) < 4.78 is 0. The van der Waals surface area contributed by atoms with Crippen LogP contribution >= 0.6 is 0 Å². The summed E-state index contributed by atoms with van der Waals surface area (Å²) >= 11 is 0. The molecule has 5 nitrogen and oxygen atoms in total. The van der Waals surface area contributed by atoms with Crippen LogP contribution in [0.2, 0.25) is 0 Å². The summed E-state index contributed by atoms with van der Waals surface area (Å²) in [5.41, 5.74) is 10.1. The smallest absolute Gasteiger partial charge is 0.231 e. The number of para-hydroxylation sites is 1. The van der Waals surface area contributed by atoms with Crippen LogP contribution in [0.4, 0.5) is 5.69 Å². The van der Waals surface area contributed by atoms with Crippen LogP contribution in [0.15, 0.2) is 29.4 Å². The number of azide groups is 1. The van der Waals surface area contributed by atoms with Crippen LogP contribution in [-0.4, -0.2) is 19.0 Å². The van der Waals surface area contributed by atoms with E-state index < -0.39 is 0 Å². The third-order valence-corrected chi connectivity index (χ3v) is 2.41. The maximum Gasteiger partial charge on any atom is 0.231 e. The lowest BCUT2D eigenvalue weighted by atomic mass is 10.2. The number of hydrogen-bond donors (Lipinski definition) is 0. The van der Waals surface area contributed by atoms with Crippen molar-refractivity contribution < 1.29 is 4.79 Å². The molecule has 0 aromatic heterocycles. The van der Waals surface area contributed by atoms with E-state index in [2.05, 4.69) is 10.0 Å². The molecule has 1 aromatic carbocycles. The summed E-state index contributed by atoms with van der Waals surface area (Å²) in [5, 5.41) is 3.43. The molecule has 76 valence electrons. The van der Waals surface area contributed by atoms with Gasteiger partial charge < -0.3 is 4.90 Å². The summed E-state index contributed by atoms with van der Waals surface area (Å²) in [6.45, 7) is 0.774. The lowest BCUT2D eigenvalue weighted by Gasteiger charge is -2.15. The highest BCUT2D eigenvalue weighted by Crippen LogP contribution is 2.27. The Kier molecular flexibility index (Phi) is 2.56. The van der Waals surface area contributed by atoms with E-state index in [1.54, 1.807) is 4.90 Å². The minimum Gasteiger partial charge on any atom is -0.312 e. The first-order valence-electron chi connectivity index (χ1n) is 4.72. The Bertz CT molecular complexity index is 437. The van der Waals surface area contributed by atoms with Gasteiger partial charge in [0.1, 0.15) is 0 Å². The SMILES string of the molecule is [N-]=[N+]=NCCN1C(=O)Cc2ccccc21. The Morgan fingerprint density at radius 2 is 2.27 bits per heavy atom. The van der Waals surface area contributed by atoms with Gasteiger partial charge in [-0.25, -0.2) is 0 Å². The van der Waals surface area contributed by atoms with Crippen LogP contribution in [0.25, 0.3) is 10.4 Å². The third kappa shape index (κ3) is 1.78. The van der Waals surface area contributed by atoms with Crippen molar-refractivity contribution in [3.05, 3.63) is 40.3 Å². The van der Waals surface area contributed by atoms with E-state index in [4.69, 9.17) is 5.53 Å². The molecule has 1 aromatic rings. The molecule has 5 heteroatoms. The number of nitrogens with zero attached hydrogens (tertiary/aromatic N) is 4. The molecule has 1 heterocycles.